The van der Waals surface area contributed by atoms with Crippen molar-refractivity contribution in [1.82, 2.24) is 14.5 Å². The highest BCUT2D eigenvalue weighted by Crippen LogP contribution is 2.30. The number of hydrogen-bond donors (Lipinski definition) is 1. The molecule has 0 saturated carbocycles. The van der Waals surface area contributed by atoms with Gasteiger partial charge in [-0.1, -0.05) is 48.9 Å². The molecule has 2 N–H and O–H groups in total. The first kappa shape index (κ1) is 19.2. The van der Waals surface area contributed by atoms with Crippen LogP contribution in [0.15, 0.2) is 48.5 Å². The van der Waals surface area contributed by atoms with Crippen molar-refractivity contribution in [3.05, 3.63) is 64.7 Å². The van der Waals surface area contributed by atoms with Crippen molar-refractivity contribution in [3.8, 4) is 0 Å². The van der Waals surface area contributed by atoms with Crippen molar-refractivity contribution in [2.75, 3.05) is 5.73 Å². The molecule has 7 heteroatoms. The number of esters is 1. The second kappa shape index (κ2) is 7.72. The van der Waals surface area contributed by atoms with Gasteiger partial charge in [-0.25, -0.2) is 14.8 Å². The Hall–Kier alpha value is -3.12. The lowest BCUT2D eigenvalue weighted by molar-refractivity contribution is 0.0338. The summed E-state index contributed by atoms with van der Waals surface area (Å²) in [5.74, 6) is -0.229. The quantitative estimate of drug-likeness (QED) is 0.478. The third-order valence-electron chi connectivity index (χ3n) is 4.97. The van der Waals surface area contributed by atoms with Crippen LogP contribution in [0.1, 0.15) is 36.2 Å². The second-order valence-electron chi connectivity index (χ2n) is 6.95. The predicted octanol–water partition coefficient (Wildman–Crippen LogP) is 4.82. The van der Waals surface area contributed by atoms with Gasteiger partial charge < -0.3 is 15.0 Å². The summed E-state index contributed by atoms with van der Waals surface area (Å²) < 4.78 is 7.31. The maximum atomic E-state index is 12.9. The Morgan fingerprint density at radius 1 is 1.14 bits per heavy atom. The summed E-state index contributed by atoms with van der Waals surface area (Å²) in [4.78, 5) is 22.3. The van der Waals surface area contributed by atoms with E-state index in [9.17, 15) is 4.79 Å². The summed E-state index contributed by atoms with van der Waals surface area (Å²) in [7, 11) is 0. The highest BCUT2D eigenvalue weighted by atomic mass is 35.5. The molecule has 2 heterocycles. The van der Waals surface area contributed by atoms with E-state index in [1.54, 1.807) is 4.57 Å². The van der Waals surface area contributed by atoms with Crippen molar-refractivity contribution in [2.45, 2.75) is 32.9 Å². The van der Waals surface area contributed by atoms with E-state index in [2.05, 4.69) is 4.98 Å². The largest absolute Gasteiger partial charge is 0.459 e. The van der Waals surface area contributed by atoms with Crippen molar-refractivity contribution < 1.29 is 9.53 Å². The van der Waals surface area contributed by atoms with Crippen LogP contribution in [0.5, 0.6) is 0 Å². The van der Waals surface area contributed by atoms with Gasteiger partial charge in [0.1, 0.15) is 16.9 Å². The van der Waals surface area contributed by atoms with Gasteiger partial charge in [0.25, 0.3) is 0 Å². The summed E-state index contributed by atoms with van der Waals surface area (Å²) in [6.45, 7) is 4.17. The number of hydrogen-bond acceptors (Lipinski definition) is 5. The molecule has 0 spiro atoms. The number of halogens is 1. The monoisotopic (exact) mass is 408 g/mol. The van der Waals surface area contributed by atoms with Crippen LogP contribution in [0.4, 0.5) is 5.82 Å². The number of carbonyl (C=O) groups is 1. The number of carbonyl (C=O) groups excluding carboxylic acids is 1. The van der Waals surface area contributed by atoms with E-state index in [-0.39, 0.29) is 17.5 Å². The topological polar surface area (TPSA) is 83.0 Å². The standard InChI is InChI=1S/C22H21ClN4O2/c1-3-13(2)29-22(28)18-19-21(26-17-11-7-6-10-16(17)25-19)27(20(18)24)12-14-8-4-5-9-15(14)23/h4-11,13H,3,12,24H2,1-2H3/t13-/m1/s1. The van der Waals surface area contributed by atoms with Crippen LogP contribution in [0.2, 0.25) is 5.02 Å². The first-order valence-corrected chi connectivity index (χ1v) is 9.86. The van der Waals surface area contributed by atoms with E-state index < -0.39 is 5.97 Å². The average Bonchev–Trinajstić information content (AvgIpc) is 2.98. The van der Waals surface area contributed by atoms with Gasteiger partial charge in [0.2, 0.25) is 0 Å². The van der Waals surface area contributed by atoms with Gasteiger partial charge in [-0.3, -0.25) is 0 Å². The Balaban J connectivity index is 1.94. The molecule has 148 valence electrons. The molecule has 4 aromatic rings. The smallest absolute Gasteiger partial charge is 0.344 e. The zero-order valence-electron chi connectivity index (χ0n) is 16.2. The number of nitrogens with zero attached hydrogens (tertiary/aromatic N) is 3. The molecule has 0 unspecified atom stereocenters. The van der Waals surface area contributed by atoms with Crippen LogP contribution in [0.3, 0.4) is 0 Å². The van der Waals surface area contributed by atoms with E-state index in [1.807, 2.05) is 62.4 Å². The fourth-order valence-corrected chi connectivity index (χ4v) is 3.40. The van der Waals surface area contributed by atoms with Gasteiger partial charge >= 0.3 is 5.97 Å². The zero-order chi connectivity index (χ0) is 20.5. The highest BCUT2D eigenvalue weighted by Gasteiger charge is 2.26. The van der Waals surface area contributed by atoms with Crippen LogP contribution < -0.4 is 5.73 Å². The van der Waals surface area contributed by atoms with Crippen molar-refractivity contribution in [3.63, 3.8) is 0 Å². The fraction of sp³-hybridized carbons (Fsp3) is 0.227. The summed E-state index contributed by atoms with van der Waals surface area (Å²) in [5, 5.41) is 0.617. The maximum absolute atomic E-state index is 12.9. The zero-order valence-corrected chi connectivity index (χ0v) is 17.0. The van der Waals surface area contributed by atoms with E-state index in [0.717, 1.165) is 11.1 Å². The number of benzene rings is 2. The Morgan fingerprint density at radius 3 is 2.48 bits per heavy atom. The summed E-state index contributed by atoms with van der Waals surface area (Å²) in [6, 6.07) is 15.0. The number of nitrogen functional groups attached to an aromatic ring is 1. The first-order chi connectivity index (χ1) is 14.0. The maximum Gasteiger partial charge on any atom is 0.344 e. The highest BCUT2D eigenvalue weighted by molar-refractivity contribution is 6.31. The molecule has 2 aromatic carbocycles. The molecule has 0 aliphatic heterocycles. The van der Waals surface area contributed by atoms with Crippen LogP contribution >= 0.6 is 11.6 Å². The molecule has 0 bridgehead atoms. The molecule has 2 aromatic heterocycles. The summed E-state index contributed by atoms with van der Waals surface area (Å²) >= 11 is 6.35. The lowest BCUT2D eigenvalue weighted by Crippen LogP contribution is -2.16. The third-order valence-corrected chi connectivity index (χ3v) is 5.33. The minimum absolute atomic E-state index is 0.225. The molecule has 0 saturated heterocycles. The van der Waals surface area contributed by atoms with E-state index >= 15 is 0 Å². The van der Waals surface area contributed by atoms with Crippen LogP contribution in [-0.4, -0.2) is 26.6 Å². The number of aromatic nitrogens is 3. The summed E-state index contributed by atoms with van der Waals surface area (Å²) in [5.41, 5.74) is 9.91. The summed E-state index contributed by atoms with van der Waals surface area (Å²) in [6.07, 6.45) is 0.482. The van der Waals surface area contributed by atoms with E-state index in [4.69, 9.17) is 27.1 Å². The number of fused-ring (bicyclic) bond motifs is 2. The number of ether oxygens (including phenoxy) is 1. The van der Waals surface area contributed by atoms with Crippen molar-refractivity contribution in [1.29, 1.82) is 0 Å². The molecule has 4 rings (SSSR count). The first-order valence-electron chi connectivity index (χ1n) is 9.48. The second-order valence-corrected chi connectivity index (χ2v) is 7.35. The molecule has 0 fully saturated rings. The fourth-order valence-electron chi connectivity index (χ4n) is 3.20. The third kappa shape index (κ3) is 3.51. The molecule has 0 aliphatic rings. The lowest BCUT2D eigenvalue weighted by Gasteiger charge is -2.11. The van der Waals surface area contributed by atoms with Gasteiger partial charge in [-0.2, -0.15) is 0 Å². The van der Waals surface area contributed by atoms with Crippen LogP contribution in [0, 0.1) is 0 Å². The number of anilines is 1. The molecular formula is C22H21ClN4O2. The molecular weight excluding hydrogens is 388 g/mol. The minimum Gasteiger partial charge on any atom is -0.459 e. The van der Waals surface area contributed by atoms with Gasteiger partial charge in [-0.15, -0.1) is 0 Å². The molecule has 6 nitrogen and oxygen atoms in total. The molecule has 1 atom stereocenters. The van der Waals surface area contributed by atoms with Gasteiger partial charge in [0.05, 0.1) is 23.7 Å². The Kier molecular flexibility index (Phi) is 5.11. The molecule has 0 amide bonds. The number of nitrogens with two attached hydrogens (primary N) is 1. The molecule has 29 heavy (non-hydrogen) atoms. The Labute approximate surface area is 173 Å². The van der Waals surface area contributed by atoms with Gasteiger partial charge in [0, 0.05) is 5.02 Å². The Bertz CT molecular complexity index is 1220. The minimum atomic E-state index is -0.496. The van der Waals surface area contributed by atoms with Crippen LogP contribution in [0.25, 0.3) is 22.2 Å². The van der Waals surface area contributed by atoms with E-state index in [0.29, 0.717) is 34.7 Å². The van der Waals surface area contributed by atoms with Gasteiger partial charge in [-0.05, 0) is 37.1 Å². The lowest BCUT2D eigenvalue weighted by atomic mass is 10.2. The average molecular weight is 409 g/mol. The number of para-hydroxylation sites is 2. The normalized spacial score (nSPS) is 12.4. The molecule has 0 aliphatic carbocycles. The SMILES string of the molecule is CC[C@@H](C)OC(=O)c1c(N)n(Cc2ccccc2Cl)c2nc3ccccc3nc12. The van der Waals surface area contributed by atoms with Crippen molar-refractivity contribution in [2.24, 2.45) is 0 Å². The van der Waals surface area contributed by atoms with Crippen LogP contribution in [-0.2, 0) is 11.3 Å². The molecule has 0 radical (unpaired) electrons. The number of rotatable bonds is 5. The van der Waals surface area contributed by atoms with Crippen molar-refractivity contribution >= 4 is 45.6 Å². The van der Waals surface area contributed by atoms with E-state index in [1.165, 1.54) is 0 Å². The van der Waals surface area contributed by atoms with Gasteiger partial charge in [0.15, 0.2) is 5.65 Å². The predicted molar refractivity (Wildman–Crippen MR) is 115 cm³/mol. The Morgan fingerprint density at radius 2 is 1.79 bits per heavy atom.